The van der Waals surface area contributed by atoms with E-state index in [1.807, 2.05) is 0 Å². The summed E-state index contributed by atoms with van der Waals surface area (Å²) in [6.45, 7) is 6.55. The van der Waals surface area contributed by atoms with Gasteiger partial charge in [-0.05, 0) is 51.4 Å². The summed E-state index contributed by atoms with van der Waals surface area (Å²) in [7, 11) is 0. The van der Waals surface area contributed by atoms with Crippen LogP contribution < -0.4 is 0 Å². The van der Waals surface area contributed by atoms with E-state index in [0.717, 1.165) is 83.5 Å². The van der Waals surface area contributed by atoms with Crippen molar-refractivity contribution >= 4 is 17.9 Å². The van der Waals surface area contributed by atoms with E-state index < -0.39 is 6.10 Å². The molecule has 0 aliphatic rings. The van der Waals surface area contributed by atoms with Crippen molar-refractivity contribution in [2.45, 2.75) is 374 Å². The van der Waals surface area contributed by atoms with E-state index in [1.54, 1.807) is 0 Å². The topological polar surface area (TPSA) is 78.9 Å². The first-order valence-corrected chi connectivity index (χ1v) is 33.5. The molecule has 6 heteroatoms. The van der Waals surface area contributed by atoms with Gasteiger partial charge in [0, 0.05) is 19.3 Å². The second kappa shape index (κ2) is 64.2. The molecule has 1 unspecified atom stereocenters. The fourth-order valence-electron chi connectivity index (χ4n) is 10.2. The minimum absolute atomic E-state index is 0.0793. The summed E-state index contributed by atoms with van der Waals surface area (Å²) in [4.78, 5) is 38.1. The van der Waals surface area contributed by atoms with Crippen molar-refractivity contribution in [3.8, 4) is 0 Å². The molecule has 0 aliphatic heterocycles. The predicted octanol–water partition coefficient (Wildman–Crippen LogP) is 22.8. The maximum absolute atomic E-state index is 12.8. The summed E-state index contributed by atoms with van der Waals surface area (Å²) in [5.41, 5.74) is 0. The SMILES string of the molecule is CC/C=C\C/C=C\C/C=C\CCCCCC(=O)OC(COC(=O)CCCCCCCCCCCCC)COC(=O)CCCCCCCCCCCCCCCCCCCCCCCCCCCCCCCCCCC. The van der Waals surface area contributed by atoms with Crippen LogP contribution in [0.25, 0.3) is 0 Å². The van der Waals surface area contributed by atoms with Gasteiger partial charge in [-0.3, -0.25) is 14.4 Å². The smallest absolute Gasteiger partial charge is 0.306 e. The Morgan fingerprint density at radius 3 is 0.813 bits per heavy atom. The summed E-state index contributed by atoms with van der Waals surface area (Å²) < 4.78 is 16.9. The van der Waals surface area contributed by atoms with Crippen LogP contribution >= 0.6 is 0 Å². The Kier molecular flexibility index (Phi) is 62.1. The van der Waals surface area contributed by atoms with Gasteiger partial charge in [-0.1, -0.05) is 333 Å². The average molecular weight is 1050 g/mol. The van der Waals surface area contributed by atoms with Gasteiger partial charge < -0.3 is 14.2 Å². The largest absolute Gasteiger partial charge is 0.462 e. The number of esters is 3. The first-order valence-electron chi connectivity index (χ1n) is 33.5. The Labute approximate surface area is 467 Å². The minimum atomic E-state index is -0.783. The zero-order valence-electron chi connectivity index (χ0n) is 50.6. The third-order valence-electron chi connectivity index (χ3n) is 15.2. The summed E-state index contributed by atoms with van der Waals surface area (Å²) in [5.74, 6) is -0.889. The maximum Gasteiger partial charge on any atom is 0.306 e. The Hall–Kier alpha value is -2.37. The number of carbonyl (C=O) groups is 3. The van der Waals surface area contributed by atoms with Crippen molar-refractivity contribution in [2.75, 3.05) is 13.2 Å². The lowest BCUT2D eigenvalue weighted by atomic mass is 10.0. The van der Waals surface area contributed by atoms with Crippen LogP contribution in [0.4, 0.5) is 0 Å². The molecule has 1 atom stereocenters. The third-order valence-corrected chi connectivity index (χ3v) is 15.2. The molecule has 0 bridgehead atoms. The molecule has 0 spiro atoms. The first kappa shape index (κ1) is 72.6. The van der Waals surface area contributed by atoms with Crippen LogP contribution in [-0.2, 0) is 28.6 Å². The molecule has 0 radical (unpaired) electrons. The molecular formula is C69H128O6. The highest BCUT2D eigenvalue weighted by atomic mass is 16.6. The van der Waals surface area contributed by atoms with Crippen LogP contribution in [0, 0.1) is 0 Å². The van der Waals surface area contributed by atoms with Crippen LogP contribution in [-0.4, -0.2) is 37.2 Å². The molecule has 6 nitrogen and oxygen atoms in total. The number of carbonyl (C=O) groups excluding carboxylic acids is 3. The quantitative estimate of drug-likeness (QED) is 0.0261. The van der Waals surface area contributed by atoms with Crippen LogP contribution in [0.1, 0.15) is 367 Å². The van der Waals surface area contributed by atoms with Gasteiger partial charge >= 0.3 is 17.9 Å². The molecular weight excluding hydrogens is 925 g/mol. The molecule has 0 amide bonds. The Balaban J connectivity index is 4.01. The van der Waals surface area contributed by atoms with Crippen LogP contribution in [0.15, 0.2) is 36.5 Å². The highest BCUT2D eigenvalue weighted by molar-refractivity contribution is 5.71. The average Bonchev–Trinajstić information content (AvgIpc) is 3.41. The summed E-state index contributed by atoms with van der Waals surface area (Å²) >= 11 is 0. The third kappa shape index (κ3) is 62.4. The number of hydrogen-bond donors (Lipinski definition) is 0. The fraction of sp³-hybridized carbons (Fsp3) is 0.870. The molecule has 440 valence electrons. The summed E-state index contributed by atoms with van der Waals surface area (Å²) in [5, 5.41) is 0. The minimum Gasteiger partial charge on any atom is -0.462 e. The van der Waals surface area contributed by atoms with Gasteiger partial charge in [0.15, 0.2) is 6.10 Å². The molecule has 0 saturated carbocycles. The lowest BCUT2D eigenvalue weighted by molar-refractivity contribution is -0.167. The van der Waals surface area contributed by atoms with E-state index in [9.17, 15) is 14.4 Å². The monoisotopic (exact) mass is 1050 g/mol. The second-order valence-corrected chi connectivity index (χ2v) is 22.7. The van der Waals surface area contributed by atoms with E-state index in [2.05, 4.69) is 57.2 Å². The zero-order chi connectivity index (χ0) is 54.3. The summed E-state index contributed by atoms with van der Waals surface area (Å²) in [6.07, 6.45) is 79.2. The fourth-order valence-corrected chi connectivity index (χ4v) is 10.2. The molecule has 0 heterocycles. The number of ether oxygens (including phenoxy) is 3. The molecule has 0 aromatic carbocycles. The van der Waals surface area contributed by atoms with Gasteiger partial charge in [0.25, 0.3) is 0 Å². The van der Waals surface area contributed by atoms with Crippen LogP contribution in [0.2, 0.25) is 0 Å². The van der Waals surface area contributed by atoms with E-state index >= 15 is 0 Å². The molecule has 0 aliphatic carbocycles. The summed E-state index contributed by atoms with van der Waals surface area (Å²) in [6, 6.07) is 0. The van der Waals surface area contributed by atoms with Crippen molar-refractivity contribution in [3.63, 3.8) is 0 Å². The maximum atomic E-state index is 12.8. The molecule has 0 N–H and O–H groups in total. The Morgan fingerprint density at radius 2 is 0.520 bits per heavy atom. The van der Waals surface area contributed by atoms with Crippen molar-refractivity contribution in [3.05, 3.63) is 36.5 Å². The standard InChI is InChI=1S/C69H128O6/c1-4-7-10-13-16-19-22-24-25-26-27-28-29-30-31-32-33-34-35-36-37-38-39-40-41-42-43-45-47-50-53-56-59-62-68(71)74-65-66(64-73-67(70)61-58-55-52-49-46-21-18-15-12-9-6-3)75-69(72)63-60-57-54-51-48-44-23-20-17-14-11-8-5-2/h8,11,17,20,44,48,66H,4-7,9-10,12-16,18-19,21-43,45-47,49-65H2,1-3H3/b11-8-,20-17-,48-44-. The van der Waals surface area contributed by atoms with Gasteiger partial charge in [0.2, 0.25) is 0 Å². The first-order chi connectivity index (χ1) is 37.0. The zero-order valence-corrected chi connectivity index (χ0v) is 50.6. The molecule has 75 heavy (non-hydrogen) atoms. The van der Waals surface area contributed by atoms with Crippen molar-refractivity contribution in [1.29, 1.82) is 0 Å². The molecule has 0 aromatic rings. The lowest BCUT2D eigenvalue weighted by Crippen LogP contribution is -2.30. The number of allylic oxidation sites excluding steroid dienone is 6. The number of unbranched alkanes of at least 4 members (excludes halogenated alkanes) is 45. The number of rotatable bonds is 62. The molecule has 0 saturated heterocycles. The highest BCUT2D eigenvalue weighted by Crippen LogP contribution is 2.19. The molecule has 0 aromatic heterocycles. The van der Waals surface area contributed by atoms with Crippen LogP contribution in [0.3, 0.4) is 0 Å². The Bertz CT molecular complexity index is 1250. The normalized spacial score (nSPS) is 12.2. The van der Waals surface area contributed by atoms with E-state index in [4.69, 9.17) is 14.2 Å². The van der Waals surface area contributed by atoms with Gasteiger partial charge in [-0.2, -0.15) is 0 Å². The van der Waals surface area contributed by atoms with Crippen molar-refractivity contribution < 1.29 is 28.6 Å². The van der Waals surface area contributed by atoms with E-state index in [0.29, 0.717) is 19.3 Å². The van der Waals surface area contributed by atoms with Gasteiger partial charge in [0.05, 0.1) is 0 Å². The van der Waals surface area contributed by atoms with Crippen molar-refractivity contribution in [1.82, 2.24) is 0 Å². The van der Waals surface area contributed by atoms with Crippen molar-refractivity contribution in [2.24, 2.45) is 0 Å². The van der Waals surface area contributed by atoms with Gasteiger partial charge in [-0.25, -0.2) is 0 Å². The predicted molar refractivity (Wildman–Crippen MR) is 326 cm³/mol. The van der Waals surface area contributed by atoms with Crippen LogP contribution in [0.5, 0.6) is 0 Å². The highest BCUT2D eigenvalue weighted by Gasteiger charge is 2.19. The lowest BCUT2D eigenvalue weighted by Gasteiger charge is -2.18. The van der Waals surface area contributed by atoms with E-state index in [1.165, 1.54) is 244 Å². The Morgan fingerprint density at radius 1 is 0.280 bits per heavy atom. The van der Waals surface area contributed by atoms with Gasteiger partial charge in [0.1, 0.15) is 13.2 Å². The van der Waals surface area contributed by atoms with E-state index in [-0.39, 0.29) is 31.1 Å². The molecule has 0 fully saturated rings. The number of hydrogen-bond acceptors (Lipinski definition) is 6. The van der Waals surface area contributed by atoms with Gasteiger partial charge in [-0.15, -0.1) is 0 Å². The second-order valence-electron chi connectivity index (χ2n) is 22.7. The molecule has 0 rings (SSSR count).